The molecule has 0 aromatic heterocycles. The Hall–Kier alpha value is -1.44. The van der Waals surface area contributed by atoms with Crippen LogP contribution < -0.4 is 10.0 Å². The number of nitrogens with one attached hydrogen (secondary N) is 2. The molecule has 1 aromatic rings. The smallest absolute Gasteiger partial charge is 0.241 e. The molecule has 0 aliphatic rings. The summed E-state index contributed by atoms with van der Waals surface area (Å²) >= 11 is 0. The lowest BCUT2D eigenvalue weighted by molar-refractivity contribution is -0.123. The Bertz CT molecular complexity index is 640. The molecule has 0 unspecified atom stereocenters. The molecule has 142 valence electrons. The molecule has 0 bridgehead atoms. The summed E-state index contributed by atoms with van der Waals surface area (Å²) in [6.07, 6.45) is 1.27. The van der Waals surface area contributed by atoms with Crippen LogP contribution in [0.4, 0.5) is 0 Å². The fourth-order valence-corrected chi connectivity index (χ4v) is 3.59. The number of carbonyl (C=O) groups excluding carboxylic acids is 1. The van der Waals surface area contributed by atoms with Crippen molar-refractivity contribution in [1.82, 2.24) is 14.9 Å². The van der Waals surface area contributed by atoms with E-state index >= 15 is 0 Å². The van der Waals surface area contributed by atoms with Gasteiger partial charge < -0.3 is 10.2 Å². The summed E-state index contributed by atoms with van der Waals surface area (Å²) in [5, 5.41) is 2.83. The number of benzene rings is 1. The van der Waals surface area contributed by atoms with Crippen molar-refractivity contribution in [3.05, 3.63) is 29.8 Å². The van der Waals surface area contributed by atoms with Crippen LogP contribution in [-0.2, 0) is 14.8 Å². The van der Waals surface area contributed by atoms with Gasteiger partial charge in [0.05, 0.1) is 4.90 Å². The maximum Gasteiger partial charge on any atom is 0.241 e. The van der Waals surface area contributed by atoms with Crippen molar-refractivity contribution < 1.29 is 13.2 Å². The number of nitrogens with zero attached hydrogens (tertiary/aromatic N) is 1. The summed E-state index contributed by atoms with van der Waals surface area (Å²) in [5.41, 5.74) is 0.983. The zero-order chi connectivity index (χ0) is 19.0. The third-order valence-corrected chi connectivity index (χ3v) is 5.22. The average Bonchev–Trinajstić information content (AvgIpc) is 2.50. The molecule has 0 heterocycles. The van der Waals surface area contributed by atoms with E-state index < -0.39 is 16.1 Å². The highest BCUT2D eigenvalue weighted by atomic mass is 32.2. The minimum atomic E-state index is -3.73. The number of carbonyl (C=O) groups is 1. The molecular weight excluding hydrogens is 338 g/mol. The maximum atomic E-state index is 12.6. The molecule has 25 heavy (non-hydrogen) atoms. The van der Waals surface area contributed by atoms with Crippen molar-refractivity contribution in [3.63, 3.8) is 0 Å². The maximum absolute atomic E-state index is 12.6. The summed E-state index contributed by atoms with van der Waals surface area (Å²) in [6, 6.07) is 5.82. The second kappa shape index (κ2) is 9.89. The lowest BCUT2D eigenvalue weighted by Gasteiger charge is -2.20. The van der Waals surface area contributed by atoms with Gasteiger partial charge in [-0.2, -0.15) is 4.72 Å². The predicted octanol–water partition coefficient (Wildman–Crippen LogP) is 1.76. The fraction of sp³-hybridized carbons (Fsp3) is 0.611. The van der Waals surface area contributed by atoms with E-state index in [2.05, 4.69) is 10.0 Å². The van der Waals surface area contributed by atoms with Crippen molar-refractivity contribution in [3.8, 4) is 0 Å². The summed E-state index contributed by atoms with van der Waals surface area (Å²) in [5.74, 6) is -0.0821. The van der Waals surface area contributed by atoms with E-state index in [1.165, 1.54) is 0 Å². The van der Waals surface area contributed by atoms with Gasteiger partial charge in [0.2, 0.25) is 15.9 Å². The Labute approximate surface area is 152 Å². The average molecular weight is 370 g/mol. The van der Waals surface area contributed by atoms with Gasteiger partial charge in [0, 0.05) is 6.54 Å². The molecule has 0 fully saturated rings. The molecule has 7 heteroatoms. The van der Waals surface area contributed by atoms with Crippen LogP contribution in [0.5, 0.6) is 0 Å². The standard InChI is InChI=1S/C18H31N3O3S/c1-14(2)13-17(18(22)19-11-6-12-21(4)5)20-25(23,24)16-9-7-15(3)8-10-16/h7-10,14,17,20H,6,11-13H2,1-5H3,(H,19,22)/t17-/m1/s1. The normalized spacial score (nSPS) is 13.2. The van der Waals surface area contributed by atoms with Crippen molar-refractivity contribution in [1.29, 1.82) is 0 Å². The molecule has 0 spiro atoms. The van der Waals surface area contributed by atoms with Crippen LogP contribution >= 0.6 is 0 Å². The van der Waals surface area contributed by atoms with Gasteiger partial charge >= 0.3 is 0 Å². The number of aryl methyl sites for hydroxylation is 1. The van der Waals surface area contributed by atoms with Crippen LogP contribution in [0.2, 0.25) is 0 Å². The number of amides is 1. The van der Waals surface area contributed by atoms with E-state index in [0.717, 1.165) is 18.5 Å². The van der Waals surface area contributed by atoms with Crippen LogP contribution in [0.25, 0.3) is 0 Å². The molecule has 1 atom stereocenters. The molecule has 1 amide bonds. The van der Waals surface area contributed by atoms with Crippen LogP contribution in [0.3, 0.4) is 0 Å². The van der Waals surface area contributed by atoms with E-state index in [9.17, 15) is 13.2 Å². The molecule has 0 aliphatic heterocycles. The van der Waals surface area contributed by atoms with Crippen molar-refractivity contribution in [2.24, 2.45) is 5.92 Å². The summed E-state index contributed by atoms with van der Waals surface area (Å²) in [7, 11) is 0.213. The van der Waals surface area contributed by atoms with E-state index in [1.807, 2.05) is 39.8 Å². The first kappa shape index (κ1) is 21.6. The highest BCUT2D eigenvalue weighted by Gasteiger charge is 2.26. The van der Waals surface area contributed by atoms with Gasteiger partial charge in [-0.15, -0.1) is 0 Å². The van der Waals surface area contributed by atoms with Gasteiger partial charge in [0.25, 0.3) is 0 Å². The van der Waals surface area contributed by atoms with Gasteiger partial charge in [0.1, 0.15) is 6.04 Å². The first-order valence-electron chi connectivity index (χ1n) is 8.63. The topological polar surface area (TPSA) is 78.5 Å². The van der Waals surface area contributed by atoms with E-state index in [4.69, 9.17) is 0 Å². The fourth-order valence-electron chi connectivity index (χ4n) is 2.38. The van der Waals surface area contributed by atoms with Gasteiger partial charge in [-0.3, -0.25) is 4.79 Å². The second-order valence-electron chi connectivity index (χ2n) is 7.06. The zero-order valence-corrected chi connectivity index (χ0v) is 16.7. The molecule has 0 saturated carbocycles. The highest BCUT2D eigenvalue weighted by molar-refractivity contribution is 7.89. The SMILES string of the molecule is Cc1ccc(S(=O)(=O)N[C@H](CC(C)C)C(=O)NCCCN(C)C)cc1. The van der Waals surface area contributed by atoms with Gasteiger partial charge in [-0.25, -0.2) is 8.42 Å². The summed E-state index contributed by atoms with van der Waals surface area (Å²) in [4.78, 5) is 14.6. The van der Waals surface area contributed by atoms with E-state index in [-0.39, 0.29) is 16.7 Å². The lowest BCUT2D eigenvalue weighted by Crippen LogP contribution is -2.47. The zero-order valence-electron chi connectivity index (χ0n) is 15.9. The minimum Gasteiger partial charge on any atom is -0.355 e. The quantitative estimate of drug-likeness (QED) is 0.616. The third-order valence-electron chi connectivity index (χ3n) is 3.73. The third kappa shape index (κ3) is 7.98. The molecule has 1 aromatic carbocycles. The van der Waals surface area contributed by atoms with Crippen LogP contribution in [0.1, 0.15) is 32.3 Å². The molecule has 6 nitrogen and oxygen atoms in total. The van der Waals surface area contributed by atoms with Crippen molar-refractivity contribution >= 4 is 15.9 Å². The molecule has 1 rings (SSSR count). The lowest BCUT2D eigenvalue weighted by atomic mass is 10.0. The van der Waals surface area contributed by atoms with Gasteiger partial charge in [0.15, 0.2) is 0 Å². The van der Waals surface area contributed by atoms with Crippen molar-refractivity contribution in [2.45, 2.75) is 44.6 Å². The first-order valence-corrected chi connectivity index (χ1v) is 10.1. The predicted molar refractivity (Wildman–Crippen MR) is 101 cm³/mol. The minimum absolute atomic E-state index is 0.173. The van der Waals surface area contributed by atoms with E-state index in [0.29, 0.717) is 13.0 Å². The monoisotopic (exact) mass is 369 g/mol. The highest BCUT2D eigenvalue weighted by Crippen LogP contribution is 2.13. The number of rotatable bonds is 10. The largest absolute Gasteiger partial charge is 0.355 e. The Morgan fingerprint density at radius 1 is 1.16 bits per heavy atom. The van der Waals surface area contributed by atoms with Crippen LogP contribution in [0.15, 0.2) is 29.2 Å². The molecule has 0 aliphatic carbocycles. The second-order valence-corrected chi connectivity index (χ2v) is 8.78. The molecule has 2 N–H and O–H groups in total. The Morgan fingerprint density at radius 2 is 1.76 bits per heavy atom. The van der Waals surface area contributed by atoms with Gasteiger partial charge in [-0.05, 0) is 58.5 Å². The Kier molecular flexibility index (Phi) is 8.55. The molecular formula is C18H31N3O3S. The van der Waals surface area contributed by atoms with Crippen molar-refractivity contribution in [2.75, 3.05) is 27.2 Å². The summed E-state index contributed by atoms with van der Waals surface area (Å²) in [6.45, 7) is 7.22. The molecule has 0 saturated heterocycles. The molecule has 0 radical (unpaired) electrons. The van der Waals surface area contributed by atoms with E-state index in [1.54, 1.807) is 24.3 Å². The first-order chi connectivity index (χ1) is 11.6. The Balaban J connectivity index is 2.77. The Morgan fingerprint density at radius 3 is 2.28 bits per heavy atom. The number of hydrogen-bond donors (Lipinski definition) is 2. The van der Waals surface area contributed by atoms with Crippen LogP contribution in [-0.4, -0.2) is 52.5 Å². The number of sulfonamides is 1. The number of hydrogen-bond acceptors (Lipinski definition) is 4. The van der Waals surface area contributed by atoms with Crippen LogP contribution in [0, 0.1) is 12.8 Å². The summed E-state index contributed by atoms with van der Waals surface area (Å²) < 4.78 is 27.7. The van der Waals surface area contributed by atoms with Gasteiger partial charge in [-0.1, -0.05) is 31.5 Å².